The number of benzene rings is 2. The summed E-state index contributed by atoms with van der Waals surface area (Å²) < 4.78 is 58.3. The zero-order valence-corrected chi connectivity index (χ0v) is 22.7. The Hall–Kier alpha value is -2.87. The number of carbonyl (C=O) groups is 1. The fourth-order valence-corrected chi connectivity index (χ4v) is 3.90. The van der Waals surface area contributed by atoms with Crippen LogP contribution in [-0.4, -0.2) is 36.1 Å². The number of aryl methyl sites for hydroxylation is 1. The van der Waals surface area contributed by atoms with Gasteiger partial charge in [-0.2, -0.15) is 13.2 Å². The molecule has 0 bridgehead atoms. The maximum Gasteiger partial charge on any atom is 0.416 e. The molecule has 2 aromatic carbocycles. The molecule has 5 nitrogen and oxygen atoms in total. The summed E-state index contributed by atoms with van der Waals surface area (Å²) in [7, 11) is 0. The molecule has 0 aromatic heterocycles. The van der Waals surface area contributed by atoms with E-state index >= 15 is 0 Å². The molecule has 2 aromatic rings. The van der Waals surface area contributed by atoms with Crippen molar-refractivity contribution >= 4 is 23.1 Å². The van der Waals surface area contributed by atoms with E-state index in [0.717, 1.165) is 0 Å². The molecule has 0 saturated heterocycles. The number of carboxylic acid groups (broad SMARTS) is 1. The Kier molecular flexibility index (Phi) is 9.94. The van der Waals surface area contributed by atoms with Crippen LogP contribution in [0.5, 0.6) is 17.2 Å². The van der Waals surface area contributed by atoms with E-state index in [1.165, 1.54) is 18.2 Å². The van der Waals surface area contributed by atoms with Gasteiger partial charge in [-0.25, -0.2) is 4.79 Å². The van der Waals surface area contributed by atoms with Gasteiger partial charge in [-0.05, 0) is 72.7 Å². The number of hydrogen-bond donors (Lipinski definition) is 1. The highest BCUT2D eigenvalue weighted by atomic mass is 35.5. The molecule has 2 rings (SSSR count). The molecule has 0 radical (unpaired) electrons. The topological polar surface area (TPSA) is 65.0 Å². The van der Waals surface area contributed by atoms with E-state index < -0.39 is 28.7 Å². The van der Waals surface area contributed by atoms with Crippen molar-refractivity contribution in [2.45, 2.75) is 66.2 Å². The summed E-state index contributed by atoms with van der Waals surface area (Å²) in [6, 6.07) is 9.32. The van der Waals surface area contributed by atoms with Crippen molar-refractivity contribution in [1.29, 1.82) is 0 Å². The van der Waals surface area contributed by atoms with Gasteiger partial charge in [0.05, 0.1) is 10.6 Å². The number of allylic oxidation sites excluding steroid dienone is 2. The van der Waals surface area contributed by atoms with Crippen molar-refractivity contribution in [3.05, 3.63) is 58.6 Å². The van der Waals surface area contributed by atoms with E-state index in [2.05, 4.69) is 0 Å². The second kappa shape index (κ2) is 12.1. The first-order chi connectivity index (χ1) is 17.1. The summed E-state index contributed by atoms with van der Waals surface area (Å²) >= 11 is 6.26. The number of ether oxygens (including phenoxy) is 3. The van der Waals surface area contributed by atoms with E-state index in [9.17, 15) is 23.1 Å². The van der Waals surface area contributed by atoms with Crippen molar-refractivity contribution in [3.63, 3.8) is 0 Å². The molecule has 0 fully saturated rings. The van der Waals surface area contributed by atoms with Crippen LogP contribution in [0.3, 0.4) is 0 Å². The summed E-state index contributed by atoms with van der Waals surface area (Å²) in [6.45, 7) is 10.5. The Bertz CT molecular complexity index is 1100. The smallest absolute Gasteiger partial charge is 0.416 e. The first-order valence-corrected chi connectivity index (χ1v) is 12.4. The van der Waals surface area contributed by atoms with Crippen LogP contribution < -0.4 is 14.2 Å². The minimum absolute atomic E-state index is 0.0106. The highest BCUT2D eigenvalue weighted by molar-refractivity contribution is 6.32. The molecular weight excluding hydrogens is 509 g/mol. The van der Waals surface area contributed by atoms with Gasteiger partial charge in [-0.3, -0.25) is 0 Å². The Morgan fingerprint density at radius 2 is 1.51 bits per heavy atom. The maximum absolute atomic E-state index is 13.7. The van der Waals surface area contributed by atoms with Gasteiger partial charge in [0.1, 0.15) is 30.5 Å². The number of alkyl halides is 3. The van der Waals surface area contributed by atoms with Crippen LogP contribution in [0, 0.1) is 12.3 Å². The van der Waals surface area contributed by atoms with E-state index in [4.69, 9.17) is 25.8 Å². The summed E-state index contributed by atoms with van der Waals surface area (Å²) in [6.07, 6.45) is -2.69. The van der Waals surface area contributed by atoms with Gasteiger partial charge in [0.25, 0.3) is 0 Å². The summed E-state index contributed by atoms with van der Waals surface area (Å²) in [5, 5.41) is 9.58. The van der Waals surface area contributed by atoms with Crippen molar-refractivity contribution < 1.29 is 37.3 Å². The van der Waals surface area contributed by atoms with Crippen molar-refractivity contribution in [3.8, 4) is 17.2 Å². The molecule has 0 aliphatic heterocycles. The molecule has 0 spiro atoms. The molecule has 1 N–H and O–H groups in total. The maximum atomic E-state index is 13.7. The van der Waals surface area contributed by atoms with Gasteiger partial charge >= 0.3 is 12.1 Å². The highest BCUT2D eigenvalue weighted by Gasteiger charge is 2.38. The second-order valence-electron chi connectivity index (χ2n) is 9.80. The van der Waals surface area contributed by atoms with Gasteiger partial charge < -0.3 is 19.3 Å². The van der Waals surface area contributed by atoms with Crippen LogP contribution in [0.25, 0.3) is 5.57 Å². The number of hydrogen-bond acceptors (Lipinski definition) is 4. The summed E-state index contributed by atoms with van der Waals surface area (Å²) in [4.78, 5) is 11.6. The van der Waals surface area contributed by atoms with Crippen LogP contribution in [0.4, 0.5) is 13.2 Å². The first kappa shape index (κ1) is 30.4. The van der Waals surface area contributed by atoms with Gasteiger partial charge in [-0.15, -0.1) is 0 Å². The Balaban J connectivity index is 2.03. The predicted molar refractivity (Wildman–Crippen MR) is 139 cm³/mol. The zero-order chi connectivity index (χ0) is 28.0. The van der Waals surface area contributed by atoms with Crippen molar-refractivity contribution in [2.24, 2.45) is 5.41 Å². The monoisotopic (exact) mass is 542 g/mol. The SMILES string of the molecule is CCC(CC)(Oc1ccc(OCCOc2cc(C)c(/C(=C\C(C)(C)C)C(F)(F)F)cc2Cl)cc1)C(=O)O. The highest BCUT2D eigenvalue weighted by Crippen LogP contribution is 2.41. The number of aliphatic carboxylic acids is 1. The van der Waals surface area contributed by atoms with Gasteiger partial charge in [0, 0.05) is 0 Å². The number of halogens is 4. The normalized spacial score (nSPS) is 12.9. The Morgan fingerprint density at radius 1 is 0.973 bits per heavy atom. The summed E-state index contributed by atoms with van der Waals surface area (Å²) in [5.41, 5.74) is -2.30. The molecule has 204 valence electrons. The lowest BCUT2D eigenvalue weighted by Gasteiger charge is -2.28. The van der Waals surface area contributed by atoms with Crippen molar-refractivity contribution in [1.82, 2.24) is 0 Å². The van der Waals surface area contributed by atoms with Crippen LogP contribution in [0.1, 0.15) is 58.6 Å². The quantitative estimate of drug-likeness (QED) is 0.290. The van der Waals surface area contributed by atoms with E-state index in [1.807, 2.05) is 0 Å². The lowest BCUT2D eigenvalue weighted by molar-refractivity contribution is -0.156. The fourth-order valence-electron chi connectivity index (χ4n) is 3.68. The van der Waals surface area contributed by atoms with Gasteiger partial charge in [0.2, 0.25) is 5.60 Å². The predicted octanol–water partition coefficient (Wildman–Crippen LogP) is 8.12. The first-order valence-electron chi connectivity index (χ1n) is 12.0. The molecule has 0 aliphatic rings. The average Bonchev–Trinajstić information content (AvgIpc) is 2.80. The molecule has 0 aliphatic carbocycles. The third-order valence-electron chi connectivity index (χ3n) is 5.73. The minimum atomic E-state index is -4.53. The second-order valence-corrected chi connectivity index (χ2v) is 10.2. The average molecular weight is 543 g/mol. The Labute approximate surface area is 221 Å². The van der Waals surface area contributed by atoms with E-state index in [1.54, 1.807) is 65.8 Å². The van der Waals surface area contributed by atoms with E-state index in [0.29, 0.717) is 29.9 Å². The third kappa shape index (κ3) is 8.32. The number of carboxylic acids is 1. The molecule has 0 atom stereocenters. The lowest BCUT2D eigenvalue weighted by Crippen LogP contribution is -2.43. The molecule has 37 heavy (non-hydrogen) atoms. The Morgan fingerprint density at radius 3 is 2.00 bits per heavy atom. The molecule has 0 amide bonds. The van der Waals surface area contributed by atoms with Crippen LogP contribution >= 0.6 is 11.6 Å². The standard InChI is InChI=1S/C28H34ClF3O5/c1-7-27(8-2,25(33)34)37-20-11-9-19(10-12-20)35-13-14-36-24-15-18(3)21(16-23(24)29)22(28(30,31)32)17-26(4,5)6/h9-12,15-17H,7-8,13-14H2,1-6H3,(H,33,34)/b22-17+. The zero-order valence-electron chi connectivity index (χ0n) is 22.0. The molecule has 0 unspecified atom stereocenters. The van der Waals surface area contributed by atoms with Crippen LogP contribution in [0.15, 0.2) is 42.5 Å². The van der Waals surface area contributed by atoms with E-state index in [-0.39, 0.29) is 29.5 Å². The largest absolute Gasteiger partial charge is 0.490 e. The fraction of sp³-hybridized carbons (Fsp3) is 0.464. The lowest BCUT2D eigenvalue weighted by atomic mass is 9.89. The van der Waals surface area contributed by atoms with Gasteiger partial charge in [-0.1, -0.05) is 52.3 Å². The van der Waals surface area contributed by atoms with Gasteiger partial charge in [0.15, 0.2) is 0 Å². The minimum Gasteiger partial charge on any atom is -0.490 e. The van der Waals surface area contributed by atoms with Crippen LogP contribution in [-0.2, 0) is 4.79 Å². The van der Waals surface area contributed by atoms with Crippen LogP contribution in [0.2, 0.25) is 5.02 Å². The molecule has 0 saturated carbocycles. The molecule has 9 heteroatoms. The van der Waals surface area contributed by atoms with Crippen molar-refractivity contribution in [2.75, 3.05) is 13.2 Å². The third-order valence-corrected chi connectivity index (χ3v) is 6.03. The number of rotatable bonds is 11. The summed E-state index contributed by atoms with van der Waals surface area (Å²) in [5.74, 6) is 0.175. The molecular formula is C28H34ClF3O5. The molecule has 0 heterocycles.